The van der Waals surface area contributed by atoms with Crippen LogP contribution in [0.1, 0.15) is 58.3 Å². The van der Waals surface area contributed by atoms with Gasteiger partial charge in [0, 0.05) is 13.0 Å². The molecule has 1 aromatic rings. The molecule has 0 aromatic heterocycles. The number of ketones is 1. The Morgan fingerprint density at radius 2 is 1.96 bits per heavy atom. The Morgan fingerprint density at radius 3 is 2.54 bits per heavy atom. The van der Waals surface area contributed by atoms with Crippen molar-refractivity contribution in [2.75, 3.05) is 11.9 Å². The molecule has 0 bridgehead atoms. The maximum atomic E-state index is 12.3. The minimum absolute atomic E-state index is 0.0199. The largest absolute Gasteiger partial charge is 0.505 e. The number of Topliss-reactive ketones (excluding diaryl/α,β-unsaturated/α-hetero) is 1. The first-order valence-corrected chi connectivity index (χ1v) is 8.69. The van der Waals surface area contributed by atoms with Gasteiger partial charge in [-0.15, -0.1) is 0 Å². The molecule has 1 atom stereocenters. The SMILES string of the molecule is CC(C)CNC1Oc2ccc(C(=O)CC(C)C)c(O)c2NC1(C)C. The summed E-state index contributed by atoms with van der Waals surface area (Å²) in [5.41, 5.74) is 0.430. The molecular formula is C19H30N2O3. The minimum Gasteiger partial charge on any atom is -0.505 e. The van der Waals surface area contributed by atoms with Crippen LogP contribution in [-0.2, 0) is 0 Å². The Bertz CT molecular complexity index is 609. The molecule has 1 aromatic carbocycles. The number of phenolic OH excluding ortho intramolecular Hbond substituents is 1. The molecule has 5 heteroatoms. The van der Waals surface area contributed by atoms with Crippen molar-refractivity contribution in [3.8, 4) is 11.5 Å². The predicted molar refractivity (Wildman–Crippen MR) is 96.9 cm³/mol. The van der Waals surface area contributed by atoms with E-state index in [1.807, 2.05) is 27.7 Å². The topological polar surface area (TPSA) is 70.6 Å². The molecule has 0 saturated carbocycles. The van der Waals surface area contributed by atoms with Crippen molar-refractivity contribution in [3.05, 3.63) is 17.7 Å². The highest BCUT2D eigenvalue weighted by Gasteiger charge is 2.38. The average molecular weight is 334 g/mol. The number of fused-ring (bicyclic) bond motifs is 1. The van der Waals surface area contributed by atoms with Gasteiger partial charge in [0.15, 0.2) is 17.8 Å². The van der Waals surface area contributed by atoms with Crippen molar-refractivity contribution >= 4 is 11.5 Å². The monoisotopic (exact) mass is 334 g/mol. The minimum atomic E-state index is -0.418. The van der Waals surface area contributed by atoms with Gasteiger partial charge in [-0.3, -0.25) is 10.1 Å². The molecule has 0 fully saturated rings. The molecule has 0 radical (unpaired) electrons. The van der Waals surface area contributed by atoms with E-state index in [1.165, 1.54) is 0 Å². The molecule has 3 N–H and O–H groups in total. The van der Waals surface area contributed by atoms with Crippen LogP contribution >= 0.6 is 0 Å². The number of phenols is 1. The average Bonchev–Trinajstić information content (AvgIpc) is 2.44. The second kappa shape index (κ2) is 7.01. The lowest BCUT2D eigenvalue weighted by atomic mass is 9.96. The van der Waals surface area contributed by atoms with Crippen LogP contribution in [0.4, 0.5) is 5.69 Å². The van der Waals surface area contributed by atoms with Crippen molar-refractivity contribution in [1.82, 2.24) is 5.32 Å². The molecule has 5 nitrogen and oxygen atoms in total. The Hall–Kier alpha value is -1.75. The summed E-state index contributed by atoms with van der Waals surface area (Å²) in [6.07, 6.45) is 0.193. The Labute approximate surface area is 144 Å². The van der Waals surface area contributed by atoms with E-state index in [0.717, 1.165) is 6.54 Å². The lowest BCUT2D eigenvalue weighted by molar-refractivity contribution is 0.0912. The summed E-state index contributed by atoms with van der Waals surface area (Å²) in [6.45, 7) is 13.1. The molecular weight excluding hydrogens is 304 g/mol. The number of nitrogens with one attached hydrogen (secondary N) is 2. The number of benzene rings is 1. The smallest absolute Gasteiger partial charge is 0.172 e. The molecule has 0 amide bonds. The van der Waals surface area contributed by atoms with Gasteiger partial charge in [-0.25, -0.2) is 0 Å². The summed E-state index contributed by atoms with van der Waals surface area (Å²) in [5, 5.41) is 17.3. The molecule has 1 aliphatic rings. The number of carbonyl (C=O) groups excluding carboxylic acids is 1. The standard InChI is InChI=1S/C19H30N2O3/c1-11(2)9-14(22)13-7-8-15-16(17(13)23)21-19(5,6)18(24-15)20-10-12(3)4/h7-8,11-12,18,20-21,23H,9-10H2,1-6H3. The fraction of sp³-hybridized carbons (Fsp3) is 0.632. The molecule has 1 aliphatic heterocycles. The molecule has 0 spiro atoms. The highest BCUT2D eigenvalue weighted by Crippen LogP contribution is 2.43. The van der Waals surface area contributed by atoms with E-state index in [-0.39, 0.29) is 23.7 Å². The highest BCUT2D eigenvalue weighted by molar-refractivity contribution is 6.01. The third kappa shape index (κ3) is 4.01. The zero-order chi connectivity index (χ0) is 18.1. The first-order chi connectivity index (χ1) is 11.1. The van der Waals surface area contributed by atoms with Crippen LogP contribution in [0, 0.1) is 11.8 Å². The van der Waals surface area contributed by atoms with Crippen molar-refractivity contribution in [3.63, 3.8) is 0 Å². The molecule has 2 rings (SSSR count). The lowest BCUT2D eigenvalue weighted by Gasteiger charge is -2.42. The lowest BCUT2D eigenvalue weighted by Crippen LogP contribution is -2.58. The second-order valence-electron chi connectivity index (χ2n) is 8.00. The zero-order valence-corrected chi connectivity index (χ0v) is 15.6. The molecule has 1 heterocycles. The first-order valence-electron chi connectivity index (χ1n) is 8.69. The number of hydrogen-bond acceptors (Lipinski definition) is 5. The molecule has 24 heavy (non-hydrogen) atoms. The van der Waals surface area contributed by atoms with Gasteiger partial charge >= 0.3 is 0 Å². The van der Waals surface area contributed by atoms with Crippen LogP contribution in [0.3, 0.4) is 0 Å². The van der Waals surface area contributed by atoms with Crippen molar-refractivity contribution in [1.29, 1.82) is 0 Å². The third-order valence-electron chi connectivity index (χ3n) is 4.09. The van der Waals surface area contributed by atoms with Crippen molar-refractivity contribution < 1.29 is 14.6 Å². The van der Waals surface area contributed by atoms with E-state index in [9.17, 15) is 9.90 Å². The van der Waals surface area contributed by atoms with E-state index >= 15 is 0 Å². The van der Waals surface area contributed by atoms with Crippen LogP contribution in [0.2, 0.25) is 0 Å². The van der Waals surface area contributed by atoms with Gasteiger partial charge in [-0.05, 0) is 37.8 Å². The van der Waals surface area contributed by atoms with E-state index in [1.54, 1.807) is 12.1 Å². The maximum absolute atomic E-state index is 12.3. The quantitative estimate of drug-likeness (QED) is 0.545. The third-order valence-corrected chi connectivity index (χ3v) is 4.09. The first kappa shape index (κ1) is 18.6. The Kier molecular flexibility index (Phi) is 5.43. The number of anilines is 1. The van der Waals surface area contributed by atoms with Crippen LogP contribution in [-0.4, -0.2) is 29.2 Å². The van der Waals surface area contributed by atoms with Gasteiger partial charge in [-0.2, -0.15) is 0 Å². The summed E-state index contributed by atoms with van der Waals surface area (Å²) in [5.74, 6) is 1.25. The normalized spacial score (nSPS) is 18.9. The van der Waals surface area contributed by atoms with Gasteiger partial charge in [0.1, 0.15) is 11.4 Å². The number of rotatable bonds is 6. The number of aromatic hydroxyl groups is 1. The van der Waals surface area contributed by atoms with Gasteiger partial charge in [0.05, 0.1) is 11.1 Å². The fourth-order valence-corrected chi connectivity index (χ4v) is 2.80. The van der Waals surface area contributed by atoms with Crippen molar-refractivity contribution in [2.45, 2.75) is 59.7 Å². The molecule has 134 valence electrons. The van der Waals surface area contributed by atoms with E-state index < -0.39 is 5.54 Å². The summed E-state index contributed by atoms with van der Waals surface area (Å²) >= 11 is 0. The molecule has 1 unspecified atom stereocenters. The van der Waals surface area contributed by atoms with E-state index in [2.05, 4.69) is 24.5 Å². The summed E-state index contributed by atoms with van der Waals surface area (Å²) in [4.78, 5) is 12.3. The molecule has 0 saturated heterocycles. The summed E-state index contributed by atoms with van der Waals surface area (Å²) < 4.78 is 6.05. The van der Waals surface area contributed by atoms with Crippen LogP contribution in [0.5, 0.6) is 11.5 Å². The molecule has 0 aliphatic carbocycles. The summed E-state index contributed by atoms with van der Waals surface area (Å²) in [7, 11) is 0. The van der Waals surface area contributed by atoms with E-state index in [0.29, 0.717) is 29.3 Å². The maximum Gasteiger partial charge on any atom is 0.172 e. The van der Waals surface area contributed by atoms with Crippen LogP contribution in [0.25, 0.3) is 0 Å². The second-order valence-corrected chi connectivity index (χ2v) is 8.00. The number of hydrogen-bond donors (Lipinski definition) is 3. The van der Waals surface area contributed by atoms with Crippen LogP contribution in [0.15, 0.2) is 12.1 Å². The van der Waals surface area contributed by atoms with Gasteiger partial charge < -0.3 is 15.2 Å². The van der Waals surface area contributed by atoms with Crippen LogP contribution < -0.4 is 15.4 Å². The van der Waals surface area contributed by atoms with E-state index in [4.69, 9.17) is 4.74 Å². The summed E-state index contributed by atoms with van der Waals surface area (Å²) in [6, 6.07) is 3.41. The zero-order valence-electron chi connectivity index (χ0n) is 15.6. The predicted octanol–water partition coefficient (Wildman–Crippen LogP) is 3.78. The van der Waals surface area contributed by atoms with Gasteiger partial charge in [0.2, 0.25) is 0 Å². The number of carbonyl (C=O) groups is 1. The van der Waals surface area contributed by atoms with Gasteiger partial charge in [0.25, 0.3) is 0 Å². The number of ether oxygens (including phenoxy) is 1. The Balaban J connectivity index is 2.28. The van der Waals surface area contributed by atoms with Gasteiger partial charge in [-0.1, -0.05) is 27.7 Å². The van der Waals surface area contributed by atoms with Crippen molar-refractivity contribution in [2.24, 2.45) is 11.8 Å². The Morgan fingerprint density at radius 1 is 1.29 bits per heavy atom. The fourth-order valence-electron chi connectivity index (χ4n) is 2.80. The highest BCUT2D eigenvalue weighted by atomic mass is 16.5.